The summed E-state index contributed by atoms with van der Waals surface area (Å²) in [6.45, 7) is 1.70. The third-order valence-corrected chi connectivity index (χ3v) is 6.31. The standard InChI is InChI=1S/C15H27NO5S/c17-15(18)14-4-2-1-3-13(14)11-16-22(19,20)10-7-12-5-8-21-9-6-12/h12-14,16H,1-11H2,(H,17,18)/t13-,14-/m1/s1. The summed E-state index contributed by atoms with van der Waals surface area (Å²) in [6.07, 6.45) is 5.87. The van der Waals surface area contributed by atoms with E-state index >= 15 is 0 Å². The van der Waals surface area contributed by atoms with Crippen molar-refractivity contribution in [1.29, 1.82) is 0 Å². The van der Waals surface area contributed by atoms with Crippen molar-refractivity contribution in [2.75, 3.05) is 25.5 Å². The predicted molar refractivity (Wildman–Crippen MR) is 83.0 cm³/mol. The molecule has 0 spiro atoms. The number of ether oxygens (including phenoxy) is 1. The third-order valence-electron chi connectivity index (χ3n) is 4.93. The Morgan fingerprint density at radius 1 is 1.14 bits per heavy atom. The van der Waals surface area contributed by atoms with E-state index in [1.165, 1.54) is 0 Å². The van der Waals surface area contributed by atoms with Gasteiger partial charge in [-0.15, -0.1) is 0 Å². The smallest absolute Gasteiger partial charge is 0.306 e. The van der Waals surface area contributed by atoms with Crippen LogP contribution in [0.3, 0.4) is 0 Å². The molecule has 0 aromatic heterocycles. The van der Waals surface area contributed by atoms with Crippen LogP contribution in [0.4, 0.5) is 0 Å². The normalized spacial score (nSPS) is 27.6. The molecule has 2 N–H and O–H groups in total. The van der Waals surface area contributed by atoms with Crippen LogP contribution >= 0.6 is 0 Å². The summed E-state index contributed by atoms with van der Waals surface area (Å²) in [5, 5.41) is 9.22. The fraction of sp³-hybridized carbons (Fsp3) is 0.933. The molecule has 22 heavy (non-hydrogen) atoms. The second-order valence-electron chi connectivity index (χ2n) is 6.50. The average Bonchev–Trinajstić information content (AvgIpc) is 2.52. The Labute approximate surface area is 132 Å². The number of aliphatic carboxylic acids is 1. The maximum absolute atomic E-state index is 12.1. The van der Waals surface area contributed by atoms with E-state index in [0.717, 1.165) is 45.3 Å². The molecule has 1 aliphatic carbocycles. The topological polar surface area (TPSA) is 92.7 Å². The minimum absolute atomic E-state index is 0.0795. The zero-order chi connectivity index (χ0) is 16.0. The van der Waals surface area contributed by atoms with Gasteiger partial charge in [0.2, 0.25) is 10.0 Å². The van der Waals surface area contributed by atoms with Gasteiger partial charge >= 0.3 is 5.97 Å². The molecule has 2 fully saturated rings. The Bertz CT molecular complexity index is 459. The van der Waals surface area contributed by atoms with Gasteiger partial charge in [-0.3, -0.25) is 4.79 Å². The SMILES string of the molecule is O=C(O)[C@@H]1CCCC[C@@H]1CNS(=O)(=O)CCC1CCOCC1. The van der Waals surface area contributed by atoms with Gasteiger partial charge in [0.1, 0.15) is 0 Å². The molecule has 7 heteroatoms. The van der Waals surface area contributed by atoms with E-state index in [0.29, 0.717) is 18.8 Å². The van der Waals surface area contributed by atoms with E-state index in [1.807, 2.05) is 0 Å². The Morgan fingerprint density at radius 2 is 1.82 bits per heavy atom. The fourth-order valence-electron chi connectivity index (χ4n) is 3.44. The number of carboxylic acid groups (broad SMARTS) is 1. The molecule has 0 unspecified atom stereocenters. The molecule has 6 nitrogen and oxygen atoms in total. The van der Waals surface area contributed by atoms with E-state index < -0.39 is 21.9 Å². The van der Waals surface area contributed by atoms with Gasteiger partial charge in [0.05, 0.1) is 11.7 Å². The maximum atomic E-state index is 12.1. The number of sulfonamides is 1. The quantitative estimate of drug-likeness (QED) is 0.738. The Hall–Kier alpha value is -0.660. The highest BCUT2D eigenvalue weighted by atomic mass is 32.2. The van der Waals surface area contributed by atoms with Gasteiger partial charge in [0.25, 0.3) is 0 Å². The fourth-order valence-corrected chi connectivity index (χ4v) is 4.70. The van der Waals surface area contributed by atoms with Gasteiger partial charge in [-0.05, 0) is 43.9 Å². The molecule has 2 rings (SSSR count). The van der Waals surface area contributed by atoms with Gasteiger partial charge in [0.15, 0.2) is 0 Å². The van der Waals surface area contributed by atoms with Crippen LogP contribution in [-0.4, -0.2) is 45.0 Å². The highest BCUT2D eigenvalue weighted by molar-refractivity contribution is 7.89. The Balaban J connectivity index is 1.77. The van der Waals surface area contributed by atoms with Crippen LogP contribution in [0.25, 0.3) is 0 Å². The average molecular weight is 333 g/mol. The first kappa shape index (κ1) is 17.7. The number of carboxylic acids is 1. The summed E-state index contributed by atoms with van der Waals surface area (Å²) < 4.78 is 32.1. The lowest BCUT2D eigenvalue weighted by molar-refractivity contribution is -0.144. The zero-order valence-electron chi connectivity index (χ0n) is 13.0. The number of hydrogen-bond acceptors (Lipinski definition) is 4. The molecule has 1 saturated carbocycles. The molecule has 0 bridgehead atoms. The van der Waals surface area contributed by atoms with E-state index in [1.54, 1.807) is 0 Å². The maximum Gasteiger partial charge on any atom is 0.306 e. The number of nitrogens with one attached hydrogen (secondary N) is 1. The molecule has 1 saturated heterocycles. The predicted octanol–water partition coefficient (Wildman–Crippen LogP) is 1.61. The molecule has 0 aromatic carbocycles. The molecule has 0 amide bonds. The van der Waals surface area contributed by atoms with Crippen LogP contribution in [-0.2, 0) is 19.6 Å². The van der Waals surface area contributed by atoms with Crippen molar-refractivity contribution < 1.29 is 23.1 Å². The highest BCUT2D eigenvalue weighted by Crippen LogP contribution is 2.30. The van der Waals surface area contributed by atoms with Crippen molar-refractivity contribution in [2.45, 2.75) is 44.9 Å². The van der Waals surface area contributed by atoms with Crippen molar-refractivity contribution in [3.05, 3.63) is 0 Å². The first-order valence-corrected chi connectivity index (χ1v) is 9.91. The summed E-state index contributed by atoms with van der Waals surface area (Å²) in [4.78, 5) is 11.2. The van der Waals surface area contributed by atoms with Gasteiger partial charge in [-0.2, -0.15) is 0 Å². The monoisotopic (exact) mass is 333 g/mol. The van der Waals surface area contributed by atoms with Crippen molar-refractivity contribution in [1.82, 2.24) is 4.72 Å². The van der Waals surface area contributed by atoms with E-state index in [-0.39, 0.29) is 18.2 Å². The van der Waals surface area contributed by atoms with E-state index in [9.17, 15) is 18.3 Å². The minimum Gasteiger partial charge on any atom is -0.481 e. The molecule has 0 radical (unpaired) electrons. The van der Waals surface area contributed by atoms with Gasteiger partial charge < -0.3 is 9.84 Å². The van der Waals surface area contributed by atoms with Crippen LogP contribution < -0.4 is 4.72 Å². The van der Waals surface area contributed by atoms with E-state index in [4.69, 9.17) is 4.74 Å². The van der Waals surface area contributed by atoms with Gasteiger partial charge in [0, 0.05) is 19.8 Å². The summed E-state index contributed by atoms with van der Waals surface area (Å²) in [5.74, 6) is -0.740. The minimum atomic E-state index is -3.31. The molecule has 2 atom stereocenters. The third kappa shape index (κ3) is 5.52. The van der Waals surface area contributed by atoms with Gasteiger partial charge in [-0.1, -0.05) is 12.8 Å². The first-order chi connectivity index (χ1) is 10.5. The van der Waals surface area contributed by atoms with Crippen LogP contribution in [0.2, 0.25) is 0 Å². The highest BCUT2D eigenvalue weighted by Gasteiger charge is 2.31. The number of rotatable bonds is 7. The van der Waals surface area contributed by atoms with Crippen LogP contribution in [0.5, 0.6) is 0 Å². The Morgan fingerprint density at radius 3 is 2.50 bits per heavy atom. The zero-order valence-corrected chi connectivity index (χ0v) is 13.8. The van der Waals surface area contributed by atoms with Crippen LogP contribution in [0.15, 0.2) is 0 Å². The molecule has 128 valence electrons. The summed E-state index contributed by atoms with van der Waals surface area (Å²) >= 11 is 0. The summed E-state index contributed by atoms with van der Waals surface area (Å²) in [7, 11) is -3.31. The largest absolute Gasteiger partial charge is 0.481 e. The number of hydrogen-bond donors (Lipinski definition) is 2. The van der Waals surface area contributed by atoms with Crippen molar-refractivity contribution >= 4 is 16.0 Å². The second-order valence-corrected chi connectivity index (χ2v) is 8.43. The Kier molecular flexibility index (Phi) is 6.65. The number of carbonyl (C=O) groups is 1. The molecule has 1 aliphatic heterocycles. The molecule has 0 aromatic rings. The van der Waals surface area contributed by atoms with E-state index in [2.05, 4.69) is 4.72 Å². The first-order valence-electron chi connectivity index (χ1n) is 8.26. The van der Waals surface area contributed by atoms with Crippen molar-refractivity contribution in [3.8, 4) is 0 Å². The molecule has 1 heterocycles. The molecular weight excluding hydrogens is 306 g/mol. The molecular formula is C15H27NO5S. The molecule has 2 aliphatic rings. The summed E-state index contributed by atoms with van der Waals surface area (Å²) in [6, 6.07) is 0. The lowest BCUT2D eigenvalue weighted by Gasteiger charge is -2.28. The van der Waals surface area contributed by atoms with Gasteiger partial charge in [-0.25, -0.2) is 13.1 Å². The lowest BCUT2D eigenvalue weighted by Crippen LogP contribution is -2.38. The van der Waals surface area contributed by atoms with Crippen LogP contribution in [0.1, 0.15) is 44.9 Å². The second kappa shape index (κ2) is 8.26. The van der Waals surface area contributed by atoms with Crippen molar-refractivity contribution in [3.63, 3.8) is 0 Å². The lowest BCUT2D eigenvalue weighted by atomic mass is 9.79. The summed E-state index contributed by atoms with van der Waals surface area (Å²) in [5.41, 5.74) is 0. The van der Waals surface area contributed by atoms with Crippen LogP contribution in [0, 0.1) is 17.8 Å². The van der Waals surface area contributed by atoms with Crippen molar-refractivity contribution in [2.24, 2.45) is 17.8 Å².